The third-order valence-corrected chi connectivity index (χ3v) is 7.67. The van der Waals surface area contributed by atoms with Crippen LogP contribution in [0.4, 0.5) is 0 Å². The number of hydrogen-bond donors (Lipinski definition) is 1. The van der Waals surface area contributed by atoms with Crippen LogP contribution < -0.4 is 4.74 Å². The molecule has 1 fully saturated rings. The second-order valence-electron chi connectivity index (χ2n) is 12.0. The second kappa shape index (κ2) is 17.6. The molecule has 2 aromatic carbocycles. The summed E-state index contributed by atoms with van der Waals surface area (Å²) in [5.41, 5.74) is 4.80. The molecule has 0 unspecified atom stereocenters. The summed E-state index contributed by atoms with van der Waals surface area (Å²) < 4.78 is 40.0. The van der Waals surface area contributed by atoms with Gasteiger partial charge in [0.2, 0.25) is 18.3 Å². The lowest BCUT2D eigenvalue weighted by atomic mass is 9.97. The Morgan fingerprint density at radius 3 is 2.00 bits per heavy atom. The number of aromatic nitrogens is 2. The smallest absolute Gasteiger partial charge is 0.303 e. The predicted molar refractivity (Wildman–Crippen MR) is 174 cm³/mol. The van der Waals surface area contributed by atoms with Gasteiger partial charge >= 0.3 is 23.9 Å². The van der Waals surface area contributed by atoms with Crippen molar-refractivity contribution >= 4 is 23.9 Å². The molecule has 1 saturated heterocycles. The lowest BCUT2D eigenvalue weighted by Gasteiger charge is -2.43. The fraction of sp³-hybridized carbons (Fsp3) is 0.472. The number of benzene rings is 2. The molecule has 264 valence electrons. The van der Waals surface area contributed by atoms with E-state index < -0.39 is 54.6 Å². The first-order valence-electron chi connectivity index (χ1n) is 16.1. The van der Waals surface area contributed by atoms with Crippen LogP contribution in [0.3, 0.4) is 0 Å². The van der Waals surface area contributed by atoms with Crippen molar-refractivity contribution in [2.24, 2.45) is 0 Å². The Morgan fingerprint density at radius 2 is 1.39 bits per heavy atom. The molecule has 1 aliphatic heterocycles. The molecule has 1 aliphatic rings. The first-order valence-corrected chi connectivity index (χ1v) is 16.1. The molecule has 49 heavy (non-hydrogen) atoms. The number of H-pyrrole nitrogens is 1. The van der Waals surface area contributed by atoms with E-state index in [2.05, 4.69) is 22.3 Å². The third kappa shape index (κ3) is 10.9. The SMILES string of the molecule is CC(=O)OC[C@H]1O[C@@H](Oc2n[nH]c(C(C)C)c2Cc2ccc(CCOCc3ccccc3)cc2)[C@H](OC(C)=O)[C@@H](OC(C)=O)[C@@H]1OC(C)=O. The van der Waals surface area contributed by atoms with Gasteiger partial charge in [-0.1, -0.05) is 68.4 Å². The molecular weight excluding hydrogens is 636 g/mol. The molecule has 1 N–H and O–H groups in total. The molecule has 0 saturated carbocycles. The van der Waals surface area contributed by atoms with Crippen molar-refractivity contribution in [3.8, 4) is 5.88 Å². The summed E-state index contributed by atoms with van der Waals surface area (Å²) in [6.45, 7) is 9.48. The molecule has 13 nitrogen and oxygen atoms in total. The van der Waals surface area contributed by atoms with Crippen LogP contribution in [0.5, 0.6) is 5.88 Å². The molecule has 0 amide bonds. The monoisotopic (exact) mass is 680 g/mol. The van der Waals surface area contributed by atoms with Gasteiger partial charge in [-0.25, -0.2) is 0 Å². The summed E-state index contributed by atoms with van der Waals surface area (Å²) in [5, 5.41) is 7.47. The number of carbonyl (C=O) groups is 4. The second-order valence-corrected chi connectivity index (χ2v) is 12.0. The van der Waals surface area contributed by atoms with Crippen LogP contribution in [-0.4, -0.2) is 78.0 Å². The van der Waals surface area contributed by atoms with Gasteiger partial charge in [0, 0.05) is 45.4 Å². The van der Waals surface area contributed by atoms with Crippen molar-refractivity contribution in [2.45, 2.75) is 97.6 Å². The maximum atomic E-state index is 12.3. The van der Waals surface area contributed by atoms with E-state index >= 15 is 0 Å². The van der Waals surface area contributed by atoms with E-state index in [4.69, 9.17) is 33.2 Å². The Balaban J connectivity index is 1.56. The highest BCUT2D eigenvalue weighted by Gasteiger charge is 2.53. The number of hydrogen-bond acceptors (Lipinski definition) is 12. The van der Waals surface area contributed by atoms with Crippen LogP contribution in [0.2, 0.25) is 0 Å². The molecule has 5 atom stereocenters. The standard InChI is InChI=1S/C36H44N2O11/c1-21(2)31-29(18-27-14-12-26(13-15-27)16-17-43-19-28-10-8-7-9-11-28)35(38-37-31)49-36-34(47-25(6)42)33(46-24(5)41)32(45-23(4)40)30(48-36)20-44-22(3)39/h7-15,21,30,32-34,36H,16-20H2,1-6H3,(H,37,38)/t30-,32-,33+,34-,36+/m1/s1. The van der Waals surface area contributed by atoms with Crippen molar-refractivity contribution in [1.82, 2.24) is 10.2 Å². The zero-order valence-electron chi connectivity index (χ0n) is 28.6. The molecule has 2 heterocycles. The molecule has 0 aliphatic carbocycles. The Hall–Kier alpha value is -4.75. The maximum absolute atomic E-state index is 12.3. The summed E-state index contributed by atoms with van der Waals surface area (Å²) in [6.07, 6.45) is -5.39. The number of esters is 4. The fourth-order valence-corrected chi connectivity index (χ4v) is 5.48. The topological polar surface area (TPSA) is 162 Å². The first-order chi connectivity index (χ1) is 23.4. The van der Waals surface area contributed by atoms with Crippen molar-refractivity contribution in [2.75, 3.05) is 13.2 Å². The lowest BCUT2D eigenvalue weighted by Crippen LogP contribution is -2.63. The normalized spacial score (nSPS) is 20.3. The van der Waals surface area contributed by atoms with E-state index in [1.165, 1.54) is 13.8 Å². The maximum Gasteiger partial charge on any atom is 0.303 e. The molecule has 13 heteroatoms. The van der Waals surface area contributed by atoms with E-state index in [9.17, 15) is 19.2 Å². The molecule has 0 bridgehead atoms. The van der Waals surface area contributed by atoms with Gasteiger partial charge in [-0.05, 0) is 29.0 Å². The van der Waals surface area contributed by atoms with Crippen LogP contribution in [0.25, 0.3) is 0 Å². The largest absolute Gasteiger partial charge is 0.463 e. The summed E-state index contributed by atoms with van der Waals surface area (Å²) in [6, 6.07) is 18.2. The quantitative estimate of drug-likeness (QED) is 0.138. The summed E-state index contributed by atoms with van der Waals surface area (Å²) in [4.78, 5) is 48.2. The first kappa shape index (κ1) is 37.1. The van der Waals surface area contributed by atoms with E-state index in [-0.39, 0.29) is 18.4 Å². The van der Waals surface area contributed by atoms with Crippen molar-refractivity contribution in [1.29, 1.82) is 0 Å². The van der Waals surface area contributed by atoms with Crippen molar-refractivity contribution in [3.63, 3.8) is 0 Å². The van der Waals surface area contributed by atoms with Gasteiger partial charge < -0.3 is 33.2 Å². The predicted octanol–water partition coefficient (Wildman–Crippen LogP) is 4.35. The Bertz CT molecular complexity index is 1550. The highest BCUT2D eigenvalue weighted by atomic mass is 16.7. The Morgan fingerprint density at radius 1 is 0.776 bits per heavy atom. The minimum atomic E-state index is -1.40. The number of ether oxygens (including phenoxy) is 7. The van der Waals surface area contributed by atoms with Crippen LogP contribution in [-0.2, 0) is 67.0 Å². The van der Waals surface area contributed by atoms with Crippen LogP contribution >= 0.6 is 0 Å². The van der Waals surface area contributed by atoms with Crippen LogP contribution in [0.15, 0.2) is 54.6 Å². The van der Waals surface area contributed by atoms with Crippen LogP contribution in [0.1, 0.15) is 75.4 Å². The summed E-state index contributed by atoms with van der Waals surface area (Å²) in [7, 11) is 0. The molecular formula is C36H44N2O11. The van der Waals surface area contributed by atoms with Gasteiger partial charge in [-0.3, -0.25) is 24.3 Å². The van der Waals surface area contributed by atoms with E-state index in [0.29, 0.717) is 19.6 Å². The zero-order valence-corrected chi connectivity index (χ0v) is 28.6. The number of aromatic amines is 1. The average Bonchev–Trinajstić information content (AvgIpc) is 3.43. The fourth-order valence-electron chi connectivity index (χ4n) is 5.48. The van der Waals surface area contributed by atoms with Gasteiger partial charge in [0.25, 0.3) is 0 Å². The van der Waals surface area contributed by atoms with Crippen molar-refractivity contribution in [3.05, 3.63) is 82.5 Å². The van der Waals surface area contributed by atoms with Gasteiger partial charge in [0.15, 0.2) is 12.2 Å². The number of carbonyl (C=O) groups excluding carboxylic acids is 4. The van der Waals surface area contributed by atoms with Crippen molar-refractivity contribution < 1.29 is 52.3 Å². The van der Waals surface area contributed by atoms with Gasteiger partial charge in [-0.15, -0.1) is 5.10 Å². The minimum absolute atomic E-state index is 0.0382. The summed E-state index contributed by atoms with van der Waals surface area (Å²) >= 11 is 0. The minimum Gasteiger partial charge on any atom is -0.463 e. The number of nitrogens with one attached hydrogen (secondary N) is 1. The summed E-state index contributed by atoms with van der Waals surface area (Å²) in [5.74, 6) is -2.59. The molecule has 0 spiro atoms. The average molecular weight is 681 g/mol. The van der Waals surface area contributed by atoms with E-state index in [1.807, 2.05) is 56.3 Å². The van der Waals surface area contributed by atoms with Gasteiger partial charge in [-0.2, -0.15) is 0 Å². The lowest BCUT2D eigenvalue weighted by molar-refractivity contribution is -0.289. The highest BCUT2D eigenvalue weighted by molar-refractivity contribution is 5.68. The molecule has 4 rings (SSSR count). The number of nitrogens with zero attached hydrogens (tertiary/aromatic N) is 1. The molecule has 1 aromatic heterocycles. The molecule has 3 aromatic rings. The Labute approximate surface area is 285 Å². The zero-order chi connectivity index (χ0) is 35.5. The van der Waals surface area contributed by atoms with E-state index in [1.54, 1.807) is 0 Å². The van der Waals surface area contributed by atoms with Crippen LogP contribution in [0, 0.1) is 0 Å². The third-order valence-electron chi connectivity index (χ3n) is 7.67. The van der Waals surface area contributed by atoms with E-state index in [0.717, 1.165) is 48.2 Å². The van der Waals surface area contributed by atoms with Gasteiger partial charge in [0.05, 0.1) is 13.2 Å². The highest BCUT2D eigenvalue weighted by Crippen LogP contribution is 2.34. The van der Waals surface area contributed by atoms with Gasteiger partial charge in [0.1, 0.15) is 12.7 Å². The molecule has 0 radical (unpaired) electrons. The Kier molecular flexibility index (Phi) is 13.3. The number of rotatable bonds is 15.